The second-order valence-corrected chi connectivity index (χ2v) is 5.95. The van der Waals surface area contributed by atoms with Gasteiger partial charge in [0, 0.05) is 5.56 Å². The highest BCUT2D eigenvalue weighted by molar-refractivity contribution is 7.19. The van der Waals surface area contributed by atoms with Gasteiger partial charge in [-0.15, -0.1) is 10.2 Å². The zero-order chi connectivity index (χ0) is 14.4. The first-order valence-electron chi connectivity index (χ1n) is 5.94. The van der Waals surface area contributed by atoms with Crippen molar-refractivity contribution < 1.29 is 4.42 Å². The number of nitrogens with zero attached hydrogens (tertiary/aromatic N) is 4. The van der Waals surface area contributed by atoms with Crippen molar-refractivity contribution in [1.29, 1.82) is 0 Å². The Labute approximate surface area is 132 Å². The van der Waals surface area contributed by atoms with E-state index in [1.54, 1.807) is 22.9 Å². The van der Waals surface area contributed by atoms with Crippen LogP contribution in [0.3, 0.4) is 0 Å². The fraction of sp³-hybridized carbons (Fsp3) is 0. The Bertz CT molecular complexity index is 929. The van der Waals surface area contributed by atoms with Crippen molar-refractivity contribution in [3.8, 4) is 22.2 Å². The zero-order valence-corrected chi connectivity index (χ0v) is 12.7. The Kier molecular flexibility index (Phi) is 2.95. The molecule has 4 aromatic rings. The highest BCUT2D eigenvalue weighted by Crippen LogP contribution is 2.36. The summed E-state index contributed by atoms with van der Waals surface area (Å²) in [4.78, 5) is 0.660. The predicted octanol–water partition coefficient (Wildman–Crippen LogP) is 4.42. The topological polar surface area (TPSA) is 56.2 Å². The molecule has 0 spiro atoms. The summed E-state index contributed by atoms with van der Waals surface area (Å²) in [5, 5.41) is 14.4. The minimum absolute atomic E-state index is 0.476. The summed E-state index contributed by atoms with van der Waals surface area (Å²) < 4.78 is 6.97. The minimum Gasteiger partial charge on any atom is -0.461 e. The van der Waals surface area contributed by atoms with Crippen molar-refractivity contribution in [2.75, 3.05) is 0 Å². The van der Waals surface area contributed by atoms with E-state index >= 15 is 0 Å². The molecule has 0 saturated carbocycles. The summed E-state index contributed by atoms with van der Waals surface area (Å²) in [5.41, 5.74) is 0.769. The van der Waals surface area contributed by atoms with Crippen LogP contribution >= 0.6 is 34.5 Å². The highest BCUT2D eigenvalue weighted by Gasteiger charge is 2.17. The minimum atomic E-state index is 0.476. The molecule has 0 aliphatic heterocycles. The monoisotopic (exact) mass is 336 g/mol. The van der Waals surface area contributed by atoms with E-state index in [-0.39, 0.29) is 0 Å². The lowest BCUT2D eigenvalue weighted by Gasteiger charge is -2.00. The molecule has 8 heteroatoms. The Morgan fingerprint density at radius 1 is 1.10 bits per heavy atom. The molecule has 1 aromatic carbocycles. The van der Waals surface area contributed by atoms with Crippen molar-refractivity contribution in [3.63, 3.8) is 0 Å². The molecular formula is C13H6Cl2N4OS. The Morgan fingerprint density at radius 2 is 2.00 bits per heavy atom. The van der Waals surface area contributed by atoms with E-state index in [0.29, 0.717) is 26.6 Å². The highest BCUT2D eigenvalue weighted by atomic mass is 35.5. The predicted molar refractivity (Wildman–Crippen MR) is 81.8 cm³/mol. The molecule has 0 amide bonds. The number of hydrogen-bond donors (Lipinski definition) is 0. The first-order valence-corrected chi connectivity index (χ1v) is 7.52. The summed E-state index contributed by atoms with van der Waals surface area (Å²) in [7, 11) is 0. The van der Waals surface area contributed by atoms with Gasteiger partial charge in [-0.1, -0.05) is 46.7 Å². The van der Waals surface area contributed by atoms with Crippen molar-refractivity contribution >= 4 is 39.5 Å². The molecule has 0 radical (unpaired) electrons. The van der Waals surface area contributed by atoms with Crippen LogP contribution in [0.25, 0.3) is 27.1 Å². The molecule has 3 heterocycles. The molecule has 3 aromatic heterocycles. The van der Waals surface area contributed by atoms with Crippen molar-refractivity contribution in [1.82, 2.24) is 19.8 Å². The molecule has 0 N–H and O–H groups in total. The van der Waals surface area contributed by atoms with Gasteiger partial charge in [0.05, 0.1) is 16.3 Å². The normalized spacial score (nSPS) is 11.3. The molecule has 0 aliphatic carbocycles. The third kappa shape index (κ3) is 2.03. The molecule has 0 fully saturated rings. The van der Waals surface area contributed by atoms with E-state index < -0.39 is 0 Å². The maximum absolute atomic E-state index is 6.23. The van der Waals surface area contributed by atoms with Gasteiger partial charge in [-0.3, -0.25) is 0 Å². The van der Waals surface area contributed by atoms with Crippen molar-refractivity contribution in [2.24, 2.45) is 0 Å². The van der Waals surface area contributed by atoms with Crippen LogP contribution in [0.15, 0.2) is 41.0 Å². The third-order valence-electron chi connectivity index (χ3n) is 2.91. The first-order chi connectivity index (χ1) is 10.2. The van der Waals surface area contributed by atoms with Crippen LogP contribution in [0, 0.1) is 0 Å². The van der Waals surface area contributed by atoms with Gasteiger partial charge in [0.2, 0.25) is 10.8 Å². The standard InChI is InChI=1S/C13H6Cl2N4OS/c14-8-4-1-3-7(10(8)15)12-18-19-11(9-5-2-6-20-9)16-17-13(19)21-12/h1-6H. The van der Waals surface area contributed by atoms with Gasteiger partial charge in [-0.25, -0.2) is 0 Å². The Morgan fingerprint density at radius 3 is 2.81 bits per heavy atom. The molecule has 0 unspecified atom stereocenters. The third-order valence-corrected chi connectivity index (χ3v) is 4.67. The quantitative estimate of drug-likeness (QED) is 0.543. The van der Waals surface area contributed by atoms with Crippen LogP contribution in [-0.2, 0) is 0 Å². The summed E-state index contributed by atoms with van der Waals surface area (Å²) in [6, 6.07) is 9.03. The fourth-order valence-electron chi connectivity index (χ4n) is 1.95. The molecule has 5 nitrogen and oxygen atoms in total. The molecule has 21 heavy (non-hydrogen) atoms. The number of benzene rings is 1. The largest absolute Gasteiger partial charge is 0.461 e. The summed E-state index contributed by atoms with van der Waals surface area (Å²) in [6.07, 6.45) is 1.58. The lowest BCUT2D eigenvalue weighted by atomic mass is 10.2. The van der Waals surface area contributed by atoms with Gasteiger partial charge in [0.15, 0.2) is 5.76 Å². The summed E-state index contributed by atoms with van der Waals surface area (Å²) in [5.74, 6) is 1.16. The van der Waals surface area contributed by atoms with Crippen LogP contribution in [0.4, 0.5) is 0 Å². The van der Waals surface area contributed by atoms with Crippen molar-refractivity contribution in [2.45, 2.75) is 0 Å². The molecular weight excluding hydrogens is 331 g/mol. The first kappa shape index (κ1) is 12.8. The van der Waals surface area contributed by atoms with Crippen molar-refractivity contribution in [3.05, 3.63) is 46.6 Å². The molecule has 0 saturated heterocycles. The van der Waals surface area contributed by atoms with Gasteiger partial charge in [0.1, 0.15) is 5.01 Å². The van der Waals surface area contributed by atoms with E-state index in [4.69, 9.17) is 27.6 Å². The smallest absolute Gasteiger partial charge is 0.235 e. The Hall–Kier alpha value is -1.89. The second kappa shape index (κ2) is 4.84. The number of halogens is 2. The van der Waals surface area contributed by atoms with E-state index in [1.165, 1.54) is 11.3 Å². The maximum Gasteiger partial charge on any atom is 0.235 e. The average molecular weight is 337 g/mol. The second-order valence-electron chi connectivity index (χ2n) is 4.20. The maximum atomic E-state index is 6.23. The summed E-state index contributed by atoms with van der Waals surface area (Å²) >= 11 is 13.7. The molecule has 4 rings (SSSR count). The Balaban J connectivity index is 1.90. The van der Waals surface area contributed by atoms with Gasteiger partial charge in [-0.05, 0) is 18.2 Å². The lowest BCUT2D eigenvalue weighted by Crippen LogP contribution is -1.90. The average Bonchev–Trinajstić information content (AvgIpc) is 3.16. The summed E-state index contributed by atoms with van der Waals surface area (Å²) in [6.45, 7) is 0. The molecule has 0 bridgehead atoms. The van der Waals surface area contributed by atoms with Crippen LogP contribution in [0.5, 0.6) is 0 Å². The number of furan rings is 1. The van der Waals surface area contributed by atoms with E-state index in [1.807, 2.05) is 18.2 Å². The number of rotatable bonds is 2. The SMILES string of the molecule is Clc1cccc(-c2nn3c(-c4ccco4)nnc3s2)c1Cl. The van der Waals surface area contributed by atoms with E-state index in [2.05, 4.69) is 15.3 Å². The van der Waals surface area contributed by atoms with E-state index in [9.17, 15) is 0 Å². The van der Waals surface area contributed by atoms with Crippen LogP contribution in [0.2, 0.25) is 10.0 Å². The van der Waals surface area contributed by atoms with Crippen LogP contribution in [-0.4, -0.2) is 19.8 Å². The zero-order valence-electron chi connectivity index (χ0n) is 10.3. The van der Waals surface area contributed by atoms with Gasteiger partial charge in [-0.2, -0.15) is 9.61 Å². The molecule has 0 atom stereocenters. The number of aromatic nitrogens is 4. The lowest BCUT2D eigenvalue weighted by molar-refractivity contribution is 0.575. The van der Waals surface area contributed by atoms with E-state index in [0.717, 1.165) is 10.6 Å². The number of fused-ring (bicyclic) bond motifs is 1. The molecule has 104 valence electrons. The molecule has 0 aliphatic rings. The fourth-order valence-corrected chi connectivity index (χ4v) is 3.27. The van der Waals surface area contributed by atoms with Gasteiger partial charge < -0.3 is 4.42 Å². The van der Waals surface area contributed by atoms with Crippen LogP contribution in [0.1, 0.15) is 0 Å². The van der Waals surface area contributed by atoms with Gasteiger partial charge >= 0.3 is 0 Å². The van der Waals surface area contributed by atoms with Crippen LogP contribution < -0.4 is 0 Å². The van der Waals surface area contributed by atoms with Gasteiger partial charge in [0.25, 0.3) is 0 Å². The number of hydrogen-bond acceptors (Lipinski definition) is 5.